The molecule has 1 aromatic carbocycles. The second-order valence-corrected chi connectivity index (χ2v) is 4.48. The van der Waals surface area contributed by atoms with E-state index in [0.717, 1.165) is 20.6 Å². The topological polar surface area (TPSA) is 30.2 Å². The van der Waals surface area contributed by atoms with Crippen LogP contribution in [0.2, 0.25) is 0 Å². The molecule has 77 valence electrons. The predicted octanol–water partition coefficient (Wildman–Crippen LogP) is 2.80. The Hall–Kier alpha value is -1.43. The van der Waals surface area contributed by atoms with Gasteiger partial charge in [-0.2, -0.15) is 0 Å². The number of benzene rings is 1. The first kappa shape index (κ1) is 9.77. The second kappa shape index (κ2) is 3.86. The fourth-order valence-electron chi connectivity index (χ4n) is 1.57. The molecule has 2 aromatic heterocycles. The summed E-state index contributed by atoms with van der Waals surface area (Å²) in [6.07, 6.45) is 5.62. The van der Waals surface area contributed by atoms with E-state index in [1.165, 1.54) is 0 Å². The first-order valence-electron chi connectivity index (χ1n) is 4.80. The van der Waals surface area contributed by atoms with Crippen LogP contribution in [-0.4, -0.2) is 14.4 Å². The first-order valence-corrected chi connectivity index (χ1v) is 5.87. The van der Waals surface area contributed by atoms with Crippen molar-refractivity contribution in [2.75, 3.05) is 0 Å². The van der Waals surface area contributed by atoms with Gasteiger partial charge in [0.15, 0.2) is 5.65 Å². The maximum atomic E-state index is 4.39. The molecule has 0 unspecified atom stereocenters. The highest BCUT2D eigenvalue weighted by molar-refractivity contribution is 14.1. The molecule has 16 heavy (non-hydrogen) atoms. The summed E-state index contributed by atoms with van der Waals surface area (Å²) >= 11 is 2.26. The van der Waals surface area contributed by atoms with E-state index in [0.29, 0.717) is 0 Å². The lowest BCUT2D eigenvalue weighted by Gasteiger charge is -2.01. The molecule has 3 nitrogen and oxygen atoms in total. The molecule has 3 aromatic rings. The minimum Gasteiger partial charge on any atom is -0.291 e. The van der Waals surface area contributed by atoms with Crippen molar-refractivity contribution >= 4 is 28.2 Å². The SMILES string of the molecule is Ic1cnc2cnc(-c3cc[c]cc3)cn12. The molecule has 0 saturated carbocycles. The molecular weight excluding hydrogens is 313 g/mol. The Kier molecular flexibility index (Phi) is 2.36. The first-order chi connectivity index (χ1) is 7.84. The lowest BCUT2D eigenvalue weighted by atomic mass is 10.2. The number of nitrogens with zero attached hydrogens (tertiary/aromatic N) is 3. The summed E-state index contributed by atoms with van der Waals surface area (Å²) < 4.78 is 3.11. The van der Waals surface area contributed by atoms with Gasteiger partial charge in [0.2, 0.25) is 0 Å². The van der Waals surface area contributed by atoms with E-state index in [9.17, 15) is 0 Å². The van der Waals surface area contributed by atoms with Crippen molar-refractivity contribution in [2.24, 2.45) is 0 Å². The Bertz CT molecular complexity index is 631. The third kappa shape index (κ3) is 1.59. The molecule has 0 fully saturated rings. The zero-order valence-electron chi connectivity index (χ0n) is 8.26. The third-order valence-corrected chi connectivity index (χ3v) is 3.16. The van der Waals surface area contributed by atoms with E-state index in [1.807, 2.05) is 41.1 Å². The minimum atomic E-state index is 0.871. The average molecular weight is 320 g/mol. The van der Waals surface area contributed by atoms with Gasteiger partial charge in [-0.3, -0.25) is 9.38 Å². The van der Waals surface area contributed by atoms with E-state index in [4.69, 9.17) is 0 Å². The van der Waals surface area contributed by atoms with Gasteiger partial charge in [-0.05, 0) is 28.7 Å². The van der Waals surface area contributed by atoms with Crippen molar-refractivity contribution in [2.45, 2.75) is 0 Å². The van der Waals surface area contributed by atoms with Crippen molar-refractivity contribution in [3.63, 3.8) is 0 Å². The molecule has 4 heteroatoms. The summed E-state index contributed by atoms with van der Waals surface area (Å²) in [6.45, 7) is 0. The molecule has 0 aliphatic carbocycles. The molecule has 0 aliphatic heterocycles. The average Bonchev–Trinajstić information content (AvgIpc) is 2.72. The van der Waals surface area contributed by atoms with Gasteiger partial charge < -0.3 is 0 Å². The van der Waals surface area contributed by atoms with Crippen LogP contribution in [0, 0.1) is 9.77 Å². The molecule has 3 rings (SSSR count). The van der Waals surface area contributed by atoms with Crippen molar-refractivity contribution < 1.29 is 0 Å². The largest absolute Gasteiger partial charge is 0.291 e. The Balaban J connectivity index is 2.22. The molecule has 0 spiro atoms. The molecule has 2 heterocycles. The van der Waals surface area contributed by atoms with Gasteiger partial charge in [-0.1, -0.05) is 24.3 Å². The summed E-state index contributed by atoms with van der Waals surface area (Å²) in [7, 11) is 0. The number of aromatic nitrogens is 3. The number of halogens is 1. The van der Waals surface area contributed by atoms with Crippen molar-refractivity contribution in [3.05, 3.63) is 52.6 Å². The summed E-state index contributed by atoms with van der Waals surface area (Å²) in [5.74, 6) is 0. The Morgan fingerprint density at radius 1 is 1.12 bits per heavy atom. The Labute approximate surface area is 106 Å². The maximum absolute atomic E-state index is 4.39. The van der Waals surface area contributed by atoms with Crippen molar-refractivity contribution in [3.8, 4) is 11.3 Å². The van der Waals surface area contributed by atoms with Crippen LogP contribution in [0.25, 0.3) is 16.9 Å². The lowest BCUT2D eigenvalue weighted by molar-refractivity contribution is 1.11. The second-order valence-electron chi connectivity index (χ2n) is 3.37. The highest BCUT2D eigenvalue weighted by Gasteiger charge is 2.03. The molecule has 0 atom stereocenters. The van der Waals surface area contributed by atoms with E-state index in [2.05, 4.69) is 38.6 Å². The molecule has 0 aliphatic rings. The molecule has 0 amide bonds. The fourth-order valence-corrected chi connectivity index (χ4v) is 2.09. The van der Waals surface area contributed by atoms with Crippen LogP contribution in [0.1, 0.15) is 0 Å². The number of imidazole rings is 1. The molecule has 0 saturated heterocycles. The van der Waals surface area contributed by atoms with Gasteiger partial charge in [-0.15, -0.1) is 0 Å². The standard InChI is InChI=1S/C12H7IN3/c13-11-6-15-12-7-14-10(8-16(11)12)9-4-2-1-3-5-9/h2-8H. The maximum Gasteiger partial charge on any atom is 0.156 e. The van der Waals surface area contributed by atoms with Gasteiger partial charge in [0.25, 0.3) is 0 Å². The van der Waals surface area contributed by atoms with Crippen LogP contribution in [0.15, 0.2) is 42.9 Å². The van der Waals surface area contributed by atoms with Gasteiger partial charge >= 0.3 is 0 Å². The summed E-state index contributed by atoms with van der Waals surface area (Å²) in [6, 6.07) is 10.8. The number of hydrogen-bond donors (Lipinski definition) is 0. The zero-order valence-corrected chi connectivity index (χ0v) is 10.4. The molecular formula is C12H7IN3. The van der Waals surface area contributed by atoms with E-state index >= 15 is 0 Å². The van der Waals surface area contributed by atoms with Crippen LogP contribution in [0.5, 0.6) is 0 Å². The minimum absolute atomic E-state index is 0.871. The van der Waals surface area contributed by atoms with E-state index in [-0.39, 0.29) is 0 Å². The van der Waals surface area contributed by atoms with Crippen LogP contribution in [0.4, 0.5) is 0 Å². The van der Waals surface area contributed by atoms with Gasteiger partial charge in [0.05, 0.1) is 18.1 Å². The number of fused-ring (bicyclic) bond motifs is 1. The summed E-state index contributed by atoms with van der Waals surface area (Å²) in [5, 5.41) is 0. The summed E-state index contributed by atoms with van der Waals surface area (Å²) in [4.78, 5) is 8.63. The highest BCUT2D eigenvalue weighted by Crippen LogP contribution is 2.17. The van der Waals surface area contributed by atoms with Gasteiger partial charge in [0.1, 0.15) is 3.70 Å². The van der Waals surface area contributed by atoms with Crippen LogP contribution < -0.4 is 0 Å². The normalized spacial score (nSPS) is 10.8. The highest BCUT2D eigenvalue weighted by atomic mass is 127. The van der Waals surface area contributed by atoms with Gasteiger partial charge in [0, 0.05) is 11.8 Å². The zero-order chi connectivity index (χ0) is 11.0. The van der Waals surface area contributed by atoms with E-state index < -0.39 is 0 Å². The van der Waals surface area contributed by atoms with Crippen molar-refractivity contribution in [1.82, 2.24) is 14.4 Å². The Morgan fingerprint density at radius 2 is 1.94 bits per heavy atom. The smallest absolute Gasteiger partial charge is 0.156 e. The van der Waals surface area contributed by atoms with E-state index in [1.54, 1.807) is 6.20 Å². The molecule has 1 radical (unpaired) electrons. The van der Waals surface area contributed by atoms with Crippen LogP contribution in [0.3, 0.4) is 0 Å². The third-order valence-electron chi connectivity index (χ3n) is 2.36. The van der Waals surface area contributed by atoms with Crippen molar-refractivity contribution in [1.29, 1.82) is 0 Å². The summed E-state index contributed by atoms with van der Waals surface area (Å²) in [5.41, 5.74) is 2.90. The molecule has 0 bridgehead atoms. The number of rotatable bonds is 1. The quantitative estimate of drug-likeness (QED) is 0.646. The Morgan fingerprint density at radius 3 is 2.75 bits per heavy atom. The fraction of sp³-hybridized carbons (Fsp3) is 0. The van der Waals surface area contributed by atoms with Crippen LogP contribution in [-0.2, 0) is 0 Å². The lowest BCUT2D eigenvalue weighted by Crippen LogP contribution is -1.91. The van der Waals surface area contributed by atoms with Crippen LogP contribution >= 0.6 is 22.6 Å². The molecule has 0 N–H and O–H groups in total. The number of hydrogen-bond acceptors (Lipinski definition) is 2. The predicted molar refractivity (Wildman–Crippen MR) is 70.0 cm³/mol. The van der Waals surface area contributed by atoms with Gasteiger partial charge in [-0.25, -0.2) is 4.98 Å². The monoisotopic (exact) mass is 320 g/mol.